The van der Waals surface area contributed by atoms with Crippen LogP contribution in [0.15, 0.2) is 4.52 Å². The van der Waals surface area contributed by atoms with Gasteiger partial charge in [0.15, 0.2) is 0 Å². The smallest absolute Gasteiger partial charge is 0.228 e. The van der Waals surface area contributed by atoms with Crippen molar-refractivity contribution in [3.8, 4) is 0 Å². The molecule has 4 heteroatoms. The van der Waals surface area contributed by atoms with Crippen LogP contribution < -0.4 is 5.32 Å². The molecule has 2 rings (SSSR count). The van der Waals surface area contributed by atoms with E-state index in [-0.39, 0.29) is 0 Å². The Morgan fingerprint density at radius 3 is 2.87 bits per heavy atom. The molecular formula is C11H19N3O. The van der Waals surface area contributed by atoms with Crippen molar-refractivity contribution in [2.45, 2.75) is 32.7 Å². The first kappa shape index (κ1) is 10.5. The number of nitrogens with zero attached hydrogens (tertiary/aromatic N) is 2. The Bertz CT molecular complexity index is 335. The van der Waals surface area contributed by atoms with Crippen LogP contribution in [-0.2, 0) is 0 Å². The number of likely N-dealkylation sites (N-methyl/N-ethyl adjacent to an activating group) is 1. The molecule has 0 aliphatic carbocycles. The van der Waals surface area contributed by atoms with Gasteiger partial charge in [0, 0.05) is 18.2 Å². The molecule has 0 radical (unpaired) electrons. The van der Waals surface area contributed by atoms with Crippen molar-refractivity contribution in [2.24, 2.45) is 0 Å². The minimum atomic E-state index is 0.495. The summed E-state index contributed by atoms with van der Waals surface area (Å²) >= 11 is 0. The van der Waals surface area contributed by atoms with Crippen molar-refractivity contribution in [3.05, 3.63) is 11.3 Å². The third kappa shape index (κ3) is 2.31. The first-order valence-electron chi connectivity index (χ1n) is 5.55. The molecule has 0 bridgehead atoms. The molecule has 84 valence electrons. The predicted molar refractivity (Wildman–Crippen MR) is 60.1 cm³/mol. The van der Waals surface area contributed by atoms with E-state index in [4.69, 9.17) is 4.52 Å². The average molecular weight is 209 g/mol. The Kier molecular flexibility index (Phi) is 2.95. The molecule has 0 spiro atoms. The quantitative estimate of drug-likeness (QED) is 0.806. The van der Waals surface area contributed by atoms with Crippen LogP contribution in [0.3, 0.4) is 0 Å². The van der Waals surface area contributed by atoms with E-state index in [9.17, 15) is 0 Å². The molecule has 0 saturated carbocycles. The number of likely N-dealkylation sites (tertiary alicyclic amines) is 1. The Morgan fingerprint density at radius 1 is 1.47 bits per heavy atom. The molecule has 0 amide bonds. The van der Waals surface area contributed by atoms with Gasteiger partial charge in [-0.1, -0.05) is 5.16 Å². The highest BCUT2D eigenvalue weighted by Crippen LogP contribution is 2.20. The third-order valence-electron chi connectivity index (χ3n) is 3.12. The van der Waals surface area contributed by atoms with Crippen molar-refractivity contribution in [3.63, 3.8) is 0 Å². The number of piperidine rings is 1. The zero-order chi connectivity index (χ0) is 10.8. The zero-order valence-electron chi connectivity index (χ0n) is 9.71. The van der Waals surface area contributed by atoms with Crippen molar-refractivity contribution in [2.75, 3.05) is 25.5 Å². The maximum absolute atomic E-state index is 5.25. The van der Waals surface area contributed by atoms with Gasteiger partial charge in [-0.05, 0) is 40.3 Å². The number of aromatic nitrogens is 1. The van der Waals surface area contributed by atoms with Gasteiger partial charge >= 0.3 is 0 Å². The summed E-state index contributed by atoms with van der Waals surface area (Å²) in [5.74, 6) is 0.841. The van der Waals surface area contributed by atoms with Gasteiger partial charge in [0.2, 0.25) is 5.88 Å². The molecule has 2 heterocycles. The second-order valence-electron chi connectivity index (χ2n) is 4.47. The Balaban J connectivity index is 1.99. The van der Waals surface area contributed by atoms with Crippen molar-refractivity contribution in [1.82, 2.24) is 10.1 Å². The molecule has 1 fully saturated rings. The summed E-state index contributed by atoms with van der Waals surface area (Å²) in [5, 5.41) is 7.38. The molecule has 1 aromatic rings. The average Bonchev–Trinajstić information content (AvgIpc) is 2.50. The Morgan fingerprint density at radius 2 is 2.27 bits per heavy atom. The standard InChI is InChI=1S/C11H19N3O/c1-8-9(2)13-15-11(8)12-10-5-4-6-14(3)7-10/h10,12H,4-7H2,1-3H3. The van der Waals surface area contributed by atoms with Crippen molar-refractivity contribution < 1.29 is 4.52 Å². The van der Waals surface area contributed by atoms with Gasteiger partial charge in [0.25, 0.3) is 0 Å². The number of hydrogen-bond donors (Lipinski definition) is 1. The molecule has 4 nitrogen and oxygen atoms in total. The fourth-order valence-corrected chi connectivity index (χ4v) is 2.02. The lowest BCUT2D eigenvalue weighted by Gasteiger charge is -2.30. The summed E-state index contributed by atoms with van der Waals surface area (Å²) < 4.78 is 5.25. The fourth-order valence-electron chi connectivity index (χ4n) is 2.02. The van der Waals surface area contributed by atoms with E-state index in [0.29, 0.717) is 6.04 Å². The SMILES string of the molecule is Cc1noc(NC2CCCN(C)C2)c1C. The Labute approximate surface area is 90.6 Å². The number of rotatable bonds is 2. The number of hydrogen-bond acceptors (Lipinski definition) is 4. The fraction of sp³-hybridized carbons (Fsp3) is 0.727. The first-order chi connectivity index (χ1) is 7.16. The van der Waals surface area contributed by atoms with E-state index >= 15 is 0 Å². The number of aryl methyl sites for hydroxylation is 1. The minimum Gasteiger partial charge on any atom is -0.350 e. The molecule has 1 atom stereocenters. The van der Waals surface area contributed by atoms with Gasteiger partial charge in [0.1, 0.15) is 0 Å². The van der Waals surface area contributed by atoms with Crippen LogP contribution in [0.5, 0.6) is 0 Å². The second kappa shape index (κ2) is 4.23. The highest BCUT2D eigenvalue weighted by molar-refractivity contribution is 5.42. The summed E-state index contributed by atoms with van der Waals surface area (Å²) in [5.41, 5.74) is 2.10. The lowest BCUT2D eigenvalue weighted by Crippen LogP contribution is -2.39. The highest BCUT2D eigenvalue weighted by atomic mass is 16.5. The van der Waals surface area contributed by atoms with Crippen LogP contribution >= 0.6 is 0 Å². The summed E-state index contributed by atoms with van der Waals surface area (Å²) in [4.78, 5) is 2.35. The topological polar surface area (TPSA) is 41.3 Å². The van der Waals surface area contributed by atoms with Crippen LogP contribution in [0.4, 0.5) is 5.88 Å². The van der Waals surface area contributed by atoms with E-state index < -0.39 is 0 Å². The molecular weight excluding hydrogens is 190 g/mol. The zero-order valence-corrected chi connectivity index (χ0v) is 9.71. The van der Waals surface area contributed by atoms with E-state index in [1.54, 1.807) is 0 Å². The van der Waals surface area contributed by atoms with Gasteiger partial charge in [-0.3, -0.25) is 0 Å². The molecule has 15 heavy (non-hydrogen) atoms. The van der Waals surface area contributed by atoms with Crippen LogP contribution in [0.25, 0.3) is 0 Å². The van der Waals surface area contributed by atoms with E-state index in [0.717, 1.165) is 23.7 Å². The Hall–Kier alpha value is -1.03. The monoisotopic (exact) mass is 209 g/mol. The number of nitrogens with one attached hydrogen (secondary N) is 1. The van der Waals surface area contributed by atoms with Crippen LogP contribution in [-0.4, -0.2) is 36.2 Å². The van der Waals surface area contributed by atoms with Gasteiger partial charge < -0.3 is 14.7 Å². The minimum absolute atomic E-state index is 0.495. The third-order valence-corrected chi connectivity index (χ3v) is 3.12. The lowest BCUT2D eigenvalue weighted by atomic mass is 10.1. The first-order valence-corrected chi connectivity index (χ1v) is 5.55. The summed E-state index contributed by atoms with van der Waals surface area (Å²) in [6, 6.07) is 0.495. The van der Waals surface area contributed by atoms with Crippen molar-refractivity contribution in [1.29, 1.82) is 0 Å². The molecule has 0 aromatic carbocycles. The van der Waals surface area contributed by atoms with Gasteiger partial charge in [-0.15, -0.1) is 0 Å². The van der Waals surface area contributed by atoms with Gasteiger partial charge in [-0.2, -0.15) is 0 Å². The highest BCUT2D eigenvalue weighted by Gasteiger charge is 2.19. The number of anilines is 1. The van der Waals surface area contributed by atoms with Crippen LogP contribution in [0, 0.1) is 13.8 Å². The maximum atomic E-state index is 5.25. The summed E-state index contributed by atoms with van der Waals surface area (Å²) in [7, 11) is 2.16. The van der Waals surface area contributed by atoms with Crippen molar-refractivity contribution >= 4 is 5.88 Å². The van der Waals surface area contributed by atoms with E-state index in [1.165, 1.54) is 19.4 Å². The molecule has 1 aromatic heterocycles. The largest absolute Gasteiger partial charge is 0.350 e. The molecule has 1 N–H and O–H groups in total. The van der Waals surface area contributed by atoms with Crippen LogP contribution in [0.1, 0.15) is 24.1 Å². The lowest BCUT2D eigenvalue weighted by molar-refractivity contribution is 0.258. The second-order valence-corrected chi connectivity index (χ2v) is 4.47. The summed E-state index contributed by atoms with van der Waals surface area (Å²) in [6.07, 6.45) is 2.46. The maximum Gasteiger partial charge on any atom is 0.228 e. The van der Waals surface area contributed by atoms with Gasteiger partial charge in [-0.25, -0.2) is 0 Å². The molecule has 1 unspecified atom stereocenters. The summed E-state index contributed by atoms with van der Waals surface area (Å²) in [6.45, 7) is 6.30. The predicted octanol–water partition coefficient (Wildman–Crippen LogP) is 1.80. The van der Waals surface area contributed by atoms with Crippen LogP contribution in [0.2, 0.25) is 0 Å². The van der Waals surface area contributed by atoms with Gasteiger partial charge in [0.05, 0.1) is 5.69 Å². The molecule has 1 aliphatic rings. The van der Waals surface area contributed by atoms with E-state index in [1.807, 2.05) is 13.8 Å². The normalized spacial score (nSPS) is 23.0. The molecule has 1 saturated heterocycles. The molecule has 1 aliphatic heterocycles. The van der Waals surface area contributed by atoms with E-state index in [2.05, 4.69) is 22.4 Å².